The Morgan fingerprint density at radius 3 is 2.76 bits per heavy atom. The van der Waals surface area contributed by atoms with Crippen LogP contribution in [0.2, 0.25) is 5.02 Å². The zero-order valence-corrected chi connectivity index (χ0v) is 15.1. The number of aromatic carboxylic acids is 1. The van der Waals surface area contributed by atoms with Gasteiger partial charge < -0.3 is 14.6 Å². The van der Waals surface area contributed by atoms with Crippen LogP contribution in [-0.4, -0.2) is 46.5 Å². The van der Waals surface area contributed by atoms with Gasteiger partial charge in [-0.2, -0.15) is 5.10 Å². The van der Waals surface area contributed by atoms with Crippen LogP contribution in [0.3, 0.4) is 0 Å². The van der Waals surface area contributed by atoms with Gasteiger partial charge >= 0.3 is 5.97 Å². The molecule has 0 atom stereocenters. The normalized spacial score (nSPS) is 14.2. The van der Waals surface area contributed by atoms with Crippen molar-refractivity contribution < 1.29 is 19.4 Å². The Hall–Kier alpha value is -2.25. The molecular weight excluding hydrogens is 346 g/mol. The average Bonchev–Trinajstić information content (AvgIpc) is 2.91. The molecule has 1 aromatic carbocycles. The maximum Gasteiger partial charge on any atom is 0.356 e. The Labute approximate surface area is 150 Å². The fourth-order valence-electron chi connectivity index (χ4n) is 3.32. The Morgan fingerprint density at radius 1 is 1.36 bits per heavy atom. The summed E-state index contributed by atoms with van der Waals surface area (Å²) in [6.07, 6.45) is 0.742. The second kappa shape index (κ2) is 6.93. The van der Waals surface area contributed by atoms with Crippen molar-refractivity contribution in [3.8, 4) is 11.5 Å². The highest BCUT2D eigenvalue weighted by Gasteiger charge is 2.27. The number of ether oxygens (including phenoxy) is 2. The Kier molecular flexibility index (Phi) is 4.87. The van der Waals surface area contributed by atoms with Crippen molar-refractivity contribution in [1.29, 1.82) is 0 Å². The Bertz CT molecular complexity index is 819. The van der Waals surface area contributed by atoms with Gasteiger partial charge in [0.05, 0.1) is 14.2 Å². The van der Waals surface area contributed by atoms with E-state index in [-0.39, 0.29) is 5.69 Å². The maximum absolute atomic E-state index is 11.4. The highest BCUT2D eigenvalue weighted by Crippen LogP contribution is 2.36. The Balaban J connectivity index is 1.89. The monoisotopic (exact) mass is 365 g/mol. The standard InChI is InChI=1S/C17H20ClN3O4/c1-20-13-4-5-21(9-12(13)15(19-20)17(22)23)8-10-6-11(18)7-14(24-2)16(10)25-3/h6-7H,4-5,8-9H2,1-3H3,(H,22,23). The molecule has 0 amide bonds. The first-order chi connectivity index (χ1) is 11.9. The van der Waals surface area contributed by atoms with Crippen molar-refractivity contribution in [3.63, 3.8) is 0 Å². The van der Waals surface area contributed by atoms with Gasteiger partial charge in [0, 0.05) is 61.0 Å². The minimum absolute atomic E-state index is 0.123. The number of hydrogen-bond donors (Lipinski definition) is 1. The smallest absolute Gasteiger partial charge is 0.356 e. The highest BCUT2D eigenvalue weighted by molar-refractivity contribution is 6.30. The average molecular weight is 366 g/mol. The second-order valence-electron chi connectivity index (χ2n) is 5.96. The van der Waals surface area contributed by atoms with Crippen LogP contribution >= 0.6 is 11.6 Å². The van der Waals surface area contributed by atoms with Crippen LogP contribution < -0.4 is 9.47 Å². The van der Waals surface area contributed by atoms with E-state index < -0.39 is 5.97 Å². The van der Waals surface area contributed by atoms with Crippen LogP contribution in [0.25, 0.3) is 0 Å². The van der Waals surface area contributed by atoms with E-state index in [2.05, 4.69) is 10.00 Å². The maximum atomic E-state index is 11.4. The van der Waals surface area contributed by atoms with Crippen molar-refractivity contribution in [2.75, 3.05) is 20.8 Å². The van der Waals surface area contributed by atoms with Crippen LogP contribution in [0.15, 0.2) is 12.1 Å². The van der Waals surface area contributed by atoms with Gasteiger partial charge in [-0.05, 0) is 6.07 Å². The predicted octanol–water partition coefficient (Wildman–Crippen LogP) is 2.35. The highest BCUT2D eigenvalue weighted by atomic mass is 35.5. The molecule has 1 aliphatic rings. The molecule has 0 bridgehead atoms. The summed E-state index contributed by atoms with van der Waals surface area (Å²) in [7, 11) is 4.94. The van der Waals surface area contributed by atoms with Gasteiger partial charge in [-0.15, -0.1) is 0 Å². The third kappa shape index (κ3) is 3.29. The van der Waals surface area contributed by atoms with Gasteiger partial charge in [0.2, 0.25) is 0 Å². The van der Waals surface area contributed by atoms with E-state index >= 15 is 0 Å². The Morgan fingerprint density at radius 2 is 2.12 bits per heavy atom. The van der Waals surface area contributed by atoms with Crippen molar-refractivity contribution in [3.05, 3.63) is 39.7 Å². The number of methoxy groups -OCH3 is 2. The van der Waals surface area contributed by atoms with Crippen molar-refractivity contribution in [1.82, 2.24) is 14.7 Å². The minimum atomic E-state index is -0.999. The van der Waals surface area contributed by atoms with Crippen molar-refractivity contribution in [2.45, 2.75) is 19.5 Å². The van der Waals surface area contributed by atoms with Crippen LogP contribution in [0.1, 0.15) is 27.3 Å². The first kappa shape index (κ1) is 17.6. The molecule has 2 heterocycles. The molecule has 0 radical (unpaired) electrons. The predicted molar refractivity (Wildman–Crippen MR) is 92.5 cm³/mol. The van der Waals surface area contributed by atoms with Crippen LogP contribution in [0, 0.1) is 0 Å². The van der Waals surface area contributed by atoms with Gasteiger partial charge in [-0.1, -0.05) is 11.6 Å². The third-order valence-corrected chi connectivity index (χ3v) is 4.66. The fourth-order valence-corrected chi connectivity index (χ4v) is 3.55. The summed E-state index contributed by atoms with van der Waals surface area (Å²) >= 11 is 6.18. The van der Waals surface area contributed by atoms with E-state index in [9.17, 15) is 9.90 Å². The fraction of sp³-hybridized carbons (Fsp3) is 0.412. The van der Waals surface area contributed by atoms with E-state index in [4.69, 9.17) is 21.1 Å². The first-order valence-corrected chi connectivity index (χ1v) is 8.23. The molecular formula is C17H20ClN3O4. The molecule has 2 aromatic rings. The van der Waals surface area contributed by atoms with Crippen LogP contribution in [0.5, 0.6) is 11.5 Å². The van der Waals surface area contributed by atoms with Gasteiger partial charge in [-0.3, -0.25) is 9.58 Å². The number of aryl methyl sites for hydroxylation is 1. The molecule has 0 spiro atoms. The lowest BCUT2D eigenvalue weighted by atomic mass is 10.0. The van der Waals surface area contributed by atoms with E-state index in [1.165, 1.54) is 0 Å². The summed E-state index contributed by atoms with van der Waals surface area (Å²) in [5, 5.41) is 14.1. The molecule has 0 unspecified atom stereocenters. The minimum Gasteiger partial charge on any atom is -0.493 e. The molecule has 3 rings (SSSR count). The largest absolute Gasteiger partial charge is 0.493 e. The van der Waals surface area contributed by atoms with Gasteiger partial charge in [0.1, 0.15) is 0 Å². The van der Waals surface area contributed by atoms with Gasteiger partial charge in [0.25, 0.3) is 0 Å². The number of rotatable bonds is 5. The summed E-state index contributed by atoms with van der Waals surface area (Å²) in [5.74, 6) is 0.221. The van der Waals surface area contributed by atoms with Crippen molar-refractivity contribution >= 4 is 17.6 Å². The number of benzene rings is 1. The van der Waals surface area contributed by atoms with E-state index in [1.807, 2.05) is 6.07 Å². The summed E-state index contributed by atoms with van der Waals surface area (Å²) in [6, 6.07) is 3.56. The lowest BCUT2D eigenvalue weighted by Crippen LogP contribution is -2.31. The molecule has 134 valence electrons. The lowest BCUT2D eigenvalue weighted by molar-refractivity contribution is 0.0687. The van der Waals surface area contributed by atoms with E-state index in [0.29, 0.717) is 29.6 Å². The molecule has 1 aliphatic heterocycles. The number of carboxylic acids is 1. The zero-order chi connectivity index (χ0) is 18.1. The topological polar surface area (TPSA) is 76.8 Å². The molecule has 7 nitrogen and oxygen atoms in total. The van der Waals surface area contributed by atoms with Crippen LogP contribution in [0.4, 0.5) is 0 Å². The molecule has 1 aromatic heterocycles. The number of nitrogens with zero attached hydrogens (tertiary/aromatic N) is 3. The summed E-state index contributed by atoms with van der Waals surface area (Å²) in [4.78, 5) is 13.6. The third-order valence-electron chi connectivity index (χ3n) is 4.44. The number of hydrogen-bond acceptors (Lipinski definition) is 5. The molecule has 0 saturated carbocycles. The van der Waals surface area contributed by atoms with E-state index in [1.54, 1.807) is 32.0 Å². The summed E-state index contributed by atoms with van der Waals surface area (Å²) < 4.78 is 12.5. The first-order valence-electron chi connectivity index (χ1n) is 7.85. The molecule has 0 saturated heterocycles. The van der Waals surface area contributed by atoms with Crippen LogP contribution in [-0.2, 0) is 26.6 Å². The SMILES string of the molecule is COc1cc(Cl)cc(CN2CCc3c(c(C(=O)O)nn3C)C2)c1OC. The number of carbonyl (C=O) groups is 1. The zero-order valence-electron chi connectivity index (χ0n) is 14.4. The summed E-state index contributed by atoms with van der Waals surface area (Å²) in [6.45, 7) is 1.89. The van der Waals surface area contributed by atoms with E-state index in [0.717, 1.165) is 29.8 Å². The van der Waals surface area contributed by atoms with Crippen molar-refractivity contribution in [2.24, 2.45) is 7.05 Å². The molecule has 8 heteroatoms. The number of carboxylic acid groups (broad SMARTS) is 1. The quantitative estimate of drug-likeness (QED) is 0.876. The number of halogens is 1. The van der Waals surface area contributed by atoms with Gasteiger partial charge in [-0.25, -0.2) is 4.79 Å². The number of aromatic nitrogens is 2. The lowest BCUT2D eigenvalue weighted by Gasteiger charge is -2.28. The second-order valence-corrected chi connectivity index (χ2v) is 6.40. The molecule has 0 aliphatic carbocycles. The van der Waals surface area contributed by atoms with Gasteiger partial charge in [0.15, 0.2) is 17.2 Å². The molecule has 1 N–H and O–H groups in total. The summed E-state index contributed by atoms with van der Waals surface area (Å²) in [5.41, 5.74) is 2.77. The molecule has 0 fully saturated rings. The molecule has 25 heavy (non-hydrogen) atoms. The number of fused-ring (bicyclic) bond motifs is 1.